The predicted molar refractivity (Wildman–Crippen MR) is 154 cm³/mol. The first-order valence-corrected chi connectivity index (χ1v) is 12.5. The second-order valence-electron chi connectivity index (χ2n) is 9.88. The summed E-state index contributed by atoms with van der Waals surface area (Å²) in [5, 5.41) is 34.3. The number of hydrogen-bond acceptors (Lipinski definition) is 6. The molecule has 1 heterocycles. The molecule has 0 atom stereocenters. The summed E-state index contributed by atoms with van der Waals surface area (Å²) < 4.78 is 3.25. The molecule has 0 unspecified atom stereocenters. The third-order valence-electron chi connectivity index (χ3n) is 7.64. The van der Waals surface area contributed by atoms with Crippen LogP contribution in [0.5, 0.6) is 0 Å². The van der Waals surface area contributed by atoms with Gasteiger partial charge in [-0.15, -0.1) is 10.9 Å². The van der Waals surface area contributed by atoms with Gasteiger partial charge in [0.2, 0.25) is 0 Å². The highest BCUT2D eigenvalue weighted by Crippen LogP contribution is 2.44. The van der Waals surface area contributed by atoms with Crippen molar-refractivity contribution < 1.29 is 19.1 Å². The average molecular weight is 537 g/mol. The highest BCUT2D eigenvalue weighted by molar-refractivity contribution is 7.13. The van der Waals surface area contributed by atoms with Crippen LogP contribution in [0.25, 0.3) is 11.0 Å². The van der Waals surface area contributed by atoms with Crippen molar-refractivity contribution in [3.63, 3.8) is 0 Å². The van der Waals surface area contributed by atoms with Crippen LogP contribution >= 0.6 is 0 Å². The van der Waals surface area contributed by atoms with Crippen LogP contribution in [0.15, 0.2) is 97.1 Å². The smallest absolute Gasteiger partial charge is 0.378 e. The number of aryl methyl sites for hydroxylation is 1. The standard InChI is InChI=1S/C29H24BN3O7/c1-20-3-5-21(6-4-20)28-19-40(2)30(23-9-15-26(16-10-23)32(36)37,24-11-17-27(18-12-24)33(38)39)29(28)22-7-13-25(14-8-22)31(34)35/h3-18H,19H2,1-2H3. The molecule has 0 radical (unpaired) electrons. The molecular formula is C29H24BN3O7. The molecule has 4 aromatic carbocycles. The normalized spacial score (nSPS) is 14.8. The van der Waals surface area contributed by atoms with Gasteiger partial charge in [0.1, 0.15) is 6.61 Å². The van der Waals surface area contributed by atoms with Gasteiger partial charge in [-0.3, -0.25) is 30.3 Å². The van der Waals surface area contributed by atoms with Gasteiger partial charge in [0.25, 0.3) is 17.1 Å². The molecule has 0 bridgehead atoms. The fourth-order valence-corrected chi connectivity index (χ4v) is 5.77. The lowest BCUT2D eigenvalue weighted by atomic mass is 9.27. The van der Waals surface area contributed by atoms with Gasteiger partial charge in [0.15, 0.2) is 0 Å². The van der Waals surface area contributed by atoms with Crippen molar-refractivity contribution in [1.82, 2.24) is 0 Å². The Bertz CT molecular complexity index is 1590. The van der Waals surface area contributed by atoms with Crippen molar-refractivity contribution in [1.29, 1.82) is 0 Å². The van der Waals surface area contributed by atoms with E-state index < -0.39 is 21.1 Å². The van der Waals surface area contributed by atoms with Crippen LogP contribution in [0.1, 0.15) is 16.7 Å². The van der Waals surface area contributed by atoms with E-state index in [0.29, 0.717) is 6.61 Å². The third kappa shape index (κ3) is 4.42. The molecule has 5 rings (SSSR count). The maximum Gasteiger partial charge on any atom is 0.378 e. The summed E-state index contributed by atoms with van der Waals surface area (Å²) in [6, 6.07) is 26.9. The van der Waals surface area contributed by atoms with Gasteiger partial charge >= 0.3 is 6.35 Å². The third-order valence-corrected chi connectivity index (χ3v) is 7.64. The second kappa shape index (κ2) is 10.2. The molecule has 10 nitrogen and oxygen atoms in total. The van der Waals surface area contributed by atoms with Gasteiger partial charge in [-0.1, -0.05) is 77.3 Å². The SMILES string of the molecule is Cc1ccc(C2=C(c3ccc([N+](=O)[O-])cc3)[B-](c3ccc([N+](=O)[O-])cc3)(c3ccc([N+](=O)[O-])cc3)[O+](C)C2)cc1. The fraction of sp³-hybridized carbons (Fsp3) is 0.103. The van der Waals surface area contributed by atoms with Crippen molar-refractivity contribution in [3.05, 3.63) is 144 Å². The molecule has 0 fully saturated rings. The lowest BCUT2D eigenvalue weighted by Gasteiger charge is -2.43. The zero-order valence-electron chi connectivity index (χ0n) is 21.7. The summed E-state index contributed by atoms with van der Waals surface area (Å²) in [6.45, 7) is 2.41. The number of nitro benzene ring substituents is 3. The van der Waals surface area contributed by atoms with Gasteiger partial charge < -0.3 is 4.28 Å². The molecule has 4 aromatic rings. The Kier molecular flexibility index (Phi) is 6.74. The highest BCUT2D eigenvalue weighted by atomic mass is 16.6. The molecule has 0 saturated heterocycles. The van der Waals surface area contributed by atoms with Crippen LogP contribution in [-0.4, -0.2) is 34.8 Å². The molecule has 1 aliphatic rings. The van der Waals surface area contributed by atoms with Gasteiger partial charge in [-0.25, -0.2) is 0 Å². The molecule has 11 heteroatoms. The summed E-state index contributed by atoms with van der Waals surface area (Å²) in [4.78, 5) is 32.9. The summed E-state index contributed by atoms with van der Waals surface area (Å²) in [5.74, 6) is 0. The van der Waals surface area contributed by atoms with E-state index in [2.05, 4.69) is 4.28 Å². The van der Waals surface area contributed by atoms with E-state index in [4.69, 9.17) is 0 Å². The number of rotatable bonds is 7. The maximum atomic E-state index is 11.5. The average Bonchev–Trinajstić information content (AvgIpc) is 3.26. The van der Waals surface area contributed by atoms with Crippen LogP contribution in [-0.2, 0) is 4.28 Å². The minimum Gasteiger partial charge on any atom is -0.659 e. The van der Waals surface area contributed by atoms with Crippen LogP contribution in [0, 0.1) is 37.3 Å². The lowest BCUT2D eigenvalue weighted by Crippen LogP contribution is -2.64. The Labute approximate surface area is 229 Å². The van der Waals surface area contributed by atoms with Crippen molar-refractivity contribution in [2.24, 2.45) is 0 Å². The summed E-state index contributed by atoms with van der Waals surface area (Å²) in [5.41, 5.74) is 5.87. The Hall–Kier alpha value is -5.16. The molecular weight excluding hydrogens is 513 g/mol. The molecule has 0 spiro atoms. The zero-order chi connectivity index (χ0) is 28.6. The van der Waals surface area contributed by atoms with Crippen molar-refractivity contribution in [3.8, 4) is 0 Å². The molecule has 200 valence electrons. The molecule has 0 aromatic heterocycles. The Balaban J connectivity index is 1.86. The van der Waals surface area contributed by atoms with E-state index in [-0.39, 0.29) is 17.1 Å². The second-order valence-corrected chi connectivity index (χ2v) is 9.88. The monoisotopic (exact) mass is 537 g/mol. The first-order valence-electron chi connectivity index (χ1n) is 12.5. The quantitative estimate of drug-likeness (QED) is 0.139. The predicted octanol–water partition coefficient (Wildman–Crippen LogP) is 5.13. The van der Waals surface area contributed by atoms with E-state index in [1.807, 2.05) is 38.3 Å². The van der Waals surface area contributed by atoms with Gasteiger partial charge in [0, 0.05) is 42.0 Å². The van der Waals surface area contributed by atoms with Gasteiger partial charge in [0.05, 0.1) is 21.9 Å². The number of non-ortho nitro benzene ring substituents is 3. The number of nitro groups is 3. The van der Waals surface area contributed by atoms with E-state index in [0.717, 1.165) is 38.7 Å². The van der Waals surface area contributed by atoms with Gasteiger partial charge in [-0.05, 0) is 12.5 Å². The Morgan fingerprint density at radius 3 is 1.38 bits per heavy atom. The summed E-state index contributed by atoms with van der Waals surface area (Å²) >= 11 is 0. The summed E-state index contributed by atoms with van der Waals surface area (Å²) in [7, 11) is 1.87. The number of benzene rings is 4. The first-order chi connectivity index (χ1) is 19.1. The minimum atomic E-state index is -2.08. The van der Waals surface area contributed by atoms with Crippen LogP contribution in [0.4, 0.5) is 17.1 Å². The van der Waals surface area contributed by atoms with Gasteiger partial charge in [-0.2, -0.15) is 0 Å². The highest BCUT2D eigenvalue weighted by Gasteiger charge is 2.52. The lowest BCUT2D eigenvalue weighted by molar-refractivity contribution is -0.385. The Morgan fingerprint density at radius 1 is 0.600 bits per heavy atom. The van der Waals surface area contributed by atoms with E-state index in [1.165, 1.54) is 36.4 Å². The molecule has 1 aliphatic heterocycles. The largest absolute Gasteiger partial charge is 0.659 e. The molecule has 0 amide bonds. The number of nitrogens with zero attached hydrogens (tertiary/aromatic N) is 3. The van der Waals surface area contributed by atoms with E-state index in [9.17, 15) is 30.3 Å². The zero-order valence-corrected chi connectivity index (χ0v) is 21.7. The first kappa shape index (κ1) is 26.5. The number of hydrogen-bond donors (Lipinski definition) is 0. The molecule has 0 aliphatic carbocycles. The molecule has 0 saturated carbocycles. The maximum absolute atomic E-state index is 11.5. The Morgan fingerprint density at radius 2 is 0.975 bits per heavy atom. The van der Waals surface area contributed by atoms with Crippen molar-refractivity contribution >= 4 is 45.4 Å². The van der Waals surface area contributed by atoms with E-state index >= 15 is 0 Å². The van der Waals surface area contributed by atoms with Crippen LogP contribution in [0.2, 0.25) is 0 Å². The molecule has 40 heavy (non-hydrogen) atoms. The topological polar surface area (TPSA) is 132 Å². The molecule has 0 N–H and O–H groups in total. The van der Waals surface area contributed by atoms with Crippen molar-refractivity contribution in [2.45, 2.75) is 6.92 Å². The fourth-order valence-electron chi connectivity index (χ4n) is 5.77. The minimum absolute atomic E-state index is 0.0518. The van der Waals surface area contributed by atoms with Crippen molar-refractivity contribution in [2.75, 3.05) is 13.7 Å². The van der Waals surface area contributed by atoms with Crippen LogP contribution in [0.3, 0.4) is 0 Å². The van der Waals surface area contributed by atoms with Crippen LogP contribution < -0.4 is 10.9 Å². The van der Waals surface area contributed by atoms with E-state index in [1.54, 1.807) is 36.4 Å². The summed E-state index contributed by atoms with van der Waals surface area (Å²) in [6.07, 6.45) is -2.08.